The number of nitrogens with one attached hydrogen (secondary N) is 1. The van der Waals surface area contributed by atoms with Crippen LogP contribution in [0.25, 0.3) is 0 Å². The fraction of sp³-hybridized carbons (Fsp3) is 1.00. The van der Waals surface area contributed by atoms with Crippen LogP contribution < -0.4 is 10.6 Å². The Labute approximate surface area is 63.4 Å². The van der Waals surface area contributed by atoms with Crippen molar-refractivity contribution >= 4 is 0 Å². The lowest BCUT2D eigenvalue weighted by Gasteiger charge is -2.26. The van der Waals surface area contributed by atoms with Gasteiger partial charge in [0.2, 0.25) is 0 Å². The van der Waals surface area contributed by atoms with Gasteiger partial charge in [0, 0.05) is 5.92 Å². The predicted octanol–water partition coefficient (Wildman–Crippen LogP) is -1.46. The summed E-state index contributed by atoms with van der Waals surface area (Å²) in [5.41, 5.74) is 3.88. The zero-order chi connectivity index (χ0) is 7.40. The molecule has 0 spiro atoms. The van der Waals surface area contributed by atoms with Crippen molar-refractivity contribution in [3.63, 3.8) is 0 Å². The second-order valence-electron chi connectivity index (χ2n) is 3.56. The number of piperidine rings is 1. The molecule has 1 aliphatic rings. The van der Waals surface area contributed by atoms with Gasteiger partial charge in [0.15, 0.2) is 0 Å². The van der Waals surface area contributed by atoms with E-state index in [2.05, 4.69) is 12.7 Å². The van der Waals surface area contributed by atoms with Crippen LogP contribution in [0.15, 0.2) is 0 Å². The van der Waals surface area contributed by atoms with E-state index in [1.807, 2.05) is 0 Å². The maximum atomic E-state index is 3.88. The van der Waals surface area contributed by atoms with Gasteiger partial charge >= 0.3 is 0 Å². The van der Waals surface area contributed by atoms with Crippen LogP contribution in [-0.2, 0) is 0 Å². The van der Waals surface area contributed by atoms with E-state index in [9.17, 15) is 0 Å². The molecule has 0 aromatic rings. The molecule has 0 aromatic heterocycles. The summed E-state index contributed by atoms with van der Waals surface area (Å²) in [6.07, 6.45) is 2.87. The van der Waals surface area contributed by atoms with Crippen molar-refractivity contribution in [3.05, 3.63) is 0 Å². The highest BCUT2D eigenvalue weighted by atomic mass is 15.1. The lowest BCUT2D eigenvalue weighted by molar-refractivity contribution is -0.913. The summed E-state index contributed by atoms with van der Waals surface area (Å²) >= 11 is 0. The first-order valence-corrected chi connectivity index (χ1v) is 4.45. The summed E-state index contributed by atoms with van der Waals surface area (Å²) in [7, 11) is 0. The highest BCUT2D eigenvalue weighted by molar-refractivity contribution is 4.54. The van der Waals surface area contributed by atoms with E-state index in [-0.39, 0.29) is 0 Å². The molecule has 1 saturated heterocycles. The third kappa shape index (κ3) is 2.27. The highest BCUT2D eigenvalue weighted by Crippen LogP contribution is 2.04. The van der Waals surface area contributed by atoms with Crippen LogP contribution in [0.2, 0.25) is 0 Å². The Bertz CT molecular complexity index is 91.3. The Morgan fingerprint density at radius 3 is 3.00 bits per heavy atom. The fourth-order valence-corrected chi connectivity index (χ4v) is 1.87. The first-order chi connectivity index (χ1) is 4.83. The minimum absolute atomic E-state index is 0.954. The molecule has 1 heterocycles. The number of hydrogen-bond acceptors (Lipinski definition) is 0. The highest BCUT2D eigenvalue weighted by Gasteiger charge is 2.18. The van der Waals surface area contributed by atoms with Gasteiger partial charge in [-0.1, -0.05) is 6.92 Å². The van der Waals surface area contributed by atoms with Gasteiger partial charge in [-0.05, 0) is 12.8 Å². The predicted molar refractivity (Wildman–Crippen MR) is 41.7 cm³/mol. The van der Waals surface area contributed by atoms with Crippen molar-refractivity contribution in [1.29, 1.82) is 0 Å². The zero-order valence-electron chi connectivity index (χ0n) is 7.03. The molecule has 0 aromatic carbocycles. The van der Waals surface area contributed by atoms with E-state index in [4.69, 9.17) is 0 Å². The molecule has 0 amide bonds. The second-order valence-corrected chi connectivity index (χ2v) is 3.56. The topological polar surface area (TPSA) is 32.1 Å². The quantitative estimate of drug-likeness (QED) is 0.475. The van der Waals surface area contributed by atoms with Crippen LogP contribution in [0.5, 0.6) is 0 Å². The molecule has 4 N–H and O–H groups in total. The number of rotatable bonds is 2. The Morgan fingerprint density at radius 2 is 2.40 bits per heavy atom. The van der Waals surface area contributed by atoms with Crippen LogP contribution in [0.1, 0.15) is 19.8 Å². The molecular formula is C8H20N2+2. The minimum atomic E-state index is 0.954. The standard InChI is InChI=1S/C8H18N2/c1-8-3-2-5-10(7-8)6-4-9/h8H,2-7,9H2,1H3/p+2/t8-/m1/s1. The smallest absolute Gasteiger partial charge is 0.127 e. The Hall–Kier alpha value is -0.0800. The SMILES string of the molecule is C[C@@H]1CCC[NH+](CC[NH3+])C1. The summed E-state index contributed by atoms with van der Waals surface area (Å²) in [4.78, 5) is 1.77. The number of hydrogen-bond donors (Lipinski definition) is 2. The van der Waals surface area contributed by atoms with Crippen molar-refractivity contribution in [1.82, 2.24) is 0 Å². The summed E-state index contributed by atoms with van der Waals surface area (Å²) in [5.74, 6) is 0.954. The molecule has 1 aliphatic heterocycles. The molecule has 60 valence electrons. The van der Waals surface area contributed by atoms with E-state index >= 15 is 0 Å². The molecule has 2 heteroatoms. The largest absolute Gasteiger partial charge is 0.353 e. The summed E-state index contributed by atoms with van der Waals surface area (Å²) < 4.78 is 0. The van der Waals surface area contributed by atoms with Crippen LogP contribution in [0.3, 0.4) is 0 Å². The van der Waals surface area contributed by atoms with E-state index in [1.165, 1.54) is 32.5 Å². The lowest BCUT2D eigenvalue weighted by atomic mass is 10.0. The van der Waals surface area contributed by atoms with E-state index in [0.717, 1.165) is 12.5 Å². The molecular weight excluding hydrogens is 124 g/mol. The Morgan fingerprint density at radius 1 is 1.60 bits per heavy atom. The van der Waals surface area contributed by atoms with Crippen molar-refractivity contribution in [2.24, 2.45) is 5.92 Å². The molecule has 0 bridgehead atoms. The first kappa shape index (κ1) is 8.02. The van der Waals surface area contributed by atoms with Gasteiger partial charge in [0.1, 0.15) is 13.1 Å². The maximum absolute atomic E-state index is 3.88. The summed E-state index contributed by atoms with van der Waals surface area (Å²) in [6.45, 7) is 7.52. The summed E-state index contributed by atoms with van der Waals surface area (Å²) in [5, 5.41) is 0. The van der Waals surface area contributed by atoms with Crippen molar-refractivity contribution in [3.8, 4) is 0 Å². The third-order valence-corrected chi connectivity index (χ3v) is 2.39. The lowest BCUT2D eigenvalue weighted by Crippen LogP contribution is -3.14. The van der Waals surface area contributed by atoms with Crippen molar-refractivity contribution < 1.29 is 10.6 Å². The molecule has 10 heavy (non-hydrogen) atoms. The zero-order valence-corrected chi connectivity index (χ0v) is 7.03. The number of quaternary nitrogens is 2. The maximum Gasteiger partial charge on any atom is 0.127 e. The average molecular weight is 144 g/mol. The van der Waals surface area contributed by atoms with Gasteiger partial charge in [0.05, 0.1) is 13.1 Å². The molecule has 0 saturated carbocycles. The summed E-state index contributed by atoms with van der Waals surface area (Å²) in [6, 6.07) is 0. The van der Waals surface area contributed by atoms with E-state index < -0.39 is 0 Å². The molecule has 1 unspecified atom stereocenters. The van der Waals surface area contributed by atoms with Gasteiger partial charge in [-0.2, -0.15) is 0 Å². The van der Waals surface area contributed by atoms with Gasteiger partial charge in [0.25, 0.3) is 0 Å². The molecule has 0 aliphatic carbocycles. The Kier molecular flexibility index (Phi) is 3.16. The van der Waals surface area contributed by atoms with Gasteiger partial charge < -0.3 is 10.6 Å². The van der Waals surface area contributed by atoms with Gasteiger partial charge in [-0.25, -0.2) is 0 Å². The molecule has 2 nitrogen and oxygen atoms in total. The molecule has 0 radical (unpaired) electrons. The second kappa shape index (κ2) is 3.94. The van der Waals surface area contributed by atoms with Crippen molar-refractivity contribution in [2.45, 2.75) is 19.8 Å². The fourth-order valence-electron chi connectivity index (χ4n) is 1.87. The molecule has 1 fully saturated rings. The number of likely N-dealkylation sites (tertiary alicyclic amines) is 1. The molecule has 1 rings (SSSR count). The van der Waals surface area contributed by atoms with Crippen LogP contribution in [-0.4, -0.2) is 26.2 Å². The van der Waals surface area contributed by atoms with E-state index in [0.29, 0.717) is 0 Å². The average Bonchev–Trinajstić information content (AvgIpc) is 1.88. The first-order valence-electron chi connectivity index (χ1n) is 4.45. The van der Waals surface area contributed by atoms with E-state index in [1.54, 1.807) is 4.90 Å². The van der Waals surface area contributed by atoms with Gasteiger partial charge in [-0.3, -0.25) is 0 Å². The normalized spacial score (nSPS) is 34.2. The third-order valence-electron chi connectivity index (χ3n) is 2.39. The Balaban J connectivity index is 2.18. The monoisotopic (exact) mass is 144 g/mol. The van der Waals surface area contributed by atoms with Gasteiger partial charge in [-0.15, -0.1) is 0 Å². The van der Waals surface area contributed by atoms with Crippen LogP contribution in [0.4, 0.5) is 0 Å². The van der Waals surface area contributed by atoms with Crippen LogP contribution in [0, 0.1) is 5.92 Å². The van der Waals surface area contributed by atoms with Crippen molar-refractivity contribution in [2.75, 3.05) is 26.2 Å². The van der Waals surface area contributed by atoms with Crippen LogP contribution >= 0.6 is 0 Å². The molecule has 2 atom stereocenters. The minimum Gasteiger partial charge on any atom is -0.353 e.